The molecule has 1 fully saturated rings. The van der Waals surface area contributed by atoms with Crippen LogP contribution < -0.4 is 0 Å². The SMILES string of the molecule is CC1=C(CCC(=O)O)C2=C(C)C3(CC3)C(C)(O)C(=O)C2=C1. The minimum atomic E-state index is -1.34. The number of aliphatic hydroxyl groups is 1. The van der Waals surface area contributed by atoms with E-state index in [9.17, 15) is 14.7 Å². The number of carbonyl (C=O) groups excluding carboxylic acids is 1. The van der Waals surface area contributed by atoms with Gasteiger partial charge in [0.1, 0.15) is 5.60 Å². The highest BCUT2D eigenvalue weighted by Gasteiger charge is 2.64. The summed E-state index contributed by atoms with van der Waals surface area (Å²) in [5.74, 6) is -1.05. The molecular weight excluding hydrogens is 268 g/mol. The molecule has 4 nitrogen and oxygen atoms in total. The number of carboxylic acids is 1. The number of rotatable bonds is 3. The zero-order chi connectivity index (χ0) is 15.6. The first-order valence-electron chi connectivity index (χ1n) is 7.35. The highest BCUT2D eigenvalue weighted by Crippen LogP contribution is 2.65. The molecule has 0 aromatic carbocycles. The van der Waals surface area contributed by atoms with Crippen LogP contribution in [0.25, 0.3) is 0 Å². The predicted octanol–water partition coefficient (Wildman–Crippen LogP) is 2.54. The summed E-state index contributed by atoms with van der Waals surface area (Å²) in [5, 5.41) is 19.6. The van der Waals surface area contributed by atoms with Crippen LogP contribution in [0.1, 0.15) is 46.5 Å². The Balaban J connectivity index is 2.10. The Kier molecular flexibility index (Phi) is 2.83. The zero-order valence-corrected chi connectivity index (χ0v) is 12.6. The lowest BCUT2D eigenvalue weighted by Crippen LogP contribution is -2.49. The number of fused-ring (bicyclic) bond motifs is 1. The topological polar surface area (TPSA) is 74.6 Å². The van der Waals surface area contributed by atoms with Crippen LogP contribution in [0, 0.1) is 5.41 Å². The van der Waals surface area contributed by atoms with Crippen molar-refractivity contribution in [3.63, 3.8) is 0 Å². The predicted molar refractivity (Wildman–Crippen MR) is 77.7 cm³/mol. The van der Waals surface area contributed by atoms with Gasteiger partial charge in [-0.2, -0.15) is 0 Å². The number of aliphatic carboxylic acids is 1. The molecule has 1 atom stereocenters. The summed E-state index contributed by atoms with van der Waals surface area (Å²) in [6.45, 7) is 5.51. The van der Waals surface area contributed by atoms with Gasteiger partial charge in [-0.1, -0.05) is 5.57 Å². The van der Waals surface area contributed by atoms with Crippen LogP contribution in [0.4, 0.5) is 0 Å². The molecule has 3 rings (SSSR count). The van der Waals surface area contributed by atoms with Gasteiger partial charge in [0.2, 0.25) is 0 Å². The minimum absolute atomic E-state index is 0.0577. The van der Waals surface area contributed by atoms with Crippen molar-refractivity contribution in [2.45, 2.75) is 52.1 Å². The average molecular weight is 288 g/mol. The molecule has 3 aliphatic rings. The molecule has 2 N–H and O–H groups in total. The van der Waals surface area contributed by atoms with Crippen molar-refractivity contribution in [2.75, 3.05) is 0 Å². The van der Waals surface area contributed by atoms with Crippen LogP contribution in [0.5, 0.6) is 0 Å². The summed E-state index contributed by atoms with van der Waals surface area (Å²) >= 11 is 0. The minimum Gasteiger partial charge on any atom is -0.481 e. The number of ketones is 1. The molecule has 3 aliphatic carbocycles. The van der Waals surface area contributed by atoms with Crippen molar-refractivity contribution in [1.82, 2.24) is 0 Å². The monoisotopic (exact) mass is 288 g/mol. The maximum absolute atomic E-state index is 12.7. The normalized spacial score (nSPS) is 29.9. The lowest BCUT2D eigenvalue weighted by Gasteiger charge is -2.39. The van der Waals surface area contributed by atoms with Crippen LogP contribution in [-0.2, 0) is 9.59 Å². The third kappa shape index (κ3) is 1.72. The zero-order valence-electron chi connectivity index (χ0n) is 12.6. The van der Waals surface area contributed by atoms with E-state index in [0.29, 0.717) is 12.0 Å². The molecule has 0 aromatic rings. The molecule has 0 bridgehead atoms. The van der Waals surface area contributed by atoms with Gasteiger partial charge in [0.25, 0.3) is 0 Å². The second-order valence-electron chi connectivity index (χ2n) is 6.60. The van der Waals surface area contributed by atoms with Gasteiger partial charge in [-0.3, -0.25) is 9.59 Å². The third-order valence-corrected chi connectivity index (χ3v) is 5.46. The van der Waals surface area contributed by atoms with E-state index in [-0.39, 0.29) is 12.2 Å². The maximum Gasteiger partial charge on any atom is 0.303 e. The Bertz CT molecular complexity index is 654. The number of allylic oxidation sites excluding steroid dienone is 4. The van der Waals surface area contributed by atoms with E-state index in [2.05, 4.69) is 0 Å². The van der Waals surface area contributed by atoms with Gasteiger partial charge < -0.3 is 10.2 Å². The van der Waals surface area contributed by atoms with Crippen LogP contribution >= 0.6 is 0 Å². The fourth-order valence-electron chi connectivity index (χ4n) is 3.97. The van der Waals surface area contributed by atoms with E-state index < -0.39 is 17.0 Å². The van der Waals surface area contributed by atoms with E-state index >= 15 is 0 Å². The molecular formula is C17H20O4. The number of hydrogen-bond acceptors (Lipinski definition) is 3. The van der Waals surface area contributed by atoms with Gasteiger partial charge in [0.15, 0.2) is 5.78 Å². The van der Waals surface area contributed by atoms with Crippen molar-refractivity contribution in [2.24, 2.45) is 5.41 Å². The standard InChI is InChI=1S/C17H20O4/c1-9-8-12-14(11(9)4-5-13(18)19)10(2)17(6-7-17)16(3,21)15(12)20/h8,21H,4-7H2,1-3H3,(H,18,19). The summed E-state index contributed by atoms with van der Waals surface area (Å²) in [7, 11) is 0. The van der Waals surface area contributed by atoms with Crippen molar-refractivity contribution >= 4 is 11.8 Å². The van der Waals surface area contributed by atoms with Gasteiger partial charge in [-0.25, -0.2) is 0 Å². The van der Waals surface area contributed by atoms with Crippen LogP contribution in [0.3, 0.4) is 0 Å². The lowest BCUT2D eigenvalue weighted by molar-refractivity contribution is -0.137. The van der Waals surface area contributed by atoms with Crippen molar-refractivity contribution in [3.05, 3.63) is 33.9 Å². The molecule has 0 aliphatic heterocycles. The van der Waals surface area contributed by atoms with Crippen molar-refractivity contribution in [1.29, 1.82) is 0 Å². The van der Waals surface area contributed by atoms with Crippen LogP contribution in [0.2, 0.25) is 0 Å². The molecule has 0 amide bonds. The molecule has 4 heteroatoms. The number of carboxylic acid groups (broad SMARTS) is 1. The fraction of sp³-hybridized carbons (Fsp3) is 0.529. The van der Waals surface area contributed by atoms with E-state index in [1.165, 1.54) is 0 Å². The van der Waals surface area contributed by atoms with Gasteiger partial charge in [0.05, 0.1) is 0 Å². The summed E-state index contributed by atoms with van der Waals surface area (Å²) in [6, 6.07) is 0. The molecule has 1 unspecified atom stereocenters. The van der Waals surface area contributed by atoms with Crippen LogP contribution in [-0.4, -0.2) is 27.6 Å². The molecule has 1 spiro atoms. The Hall–Kier alpha value is -1.68. The smallest absolute Gasteiger partial charge is 0.303 e. The van der Waals surface area contributed by atoms with E-state index in [1.807, 2.05) is 19.9 Å². The Morgan fingerprint density at radius 2 is 1.95 bits per heavy atom. The number of hydrogen-bond donors (Lipinski definition) is 2. The molecule has 0 heterocycles. The quantitative estimate of drug-likeness (QED) is 0.837. The molecule has 0 radical (unpaired) electrons. The maximum atomic E-state index is 12.7. The highest BCUT2D eigenvalue weighted by atomic mass is 16.4. The highest BCUT2D eigenvalue weighted by molar-refractivity contribution is 6.10. The summed E-state index contributed by atoms with van der Waals surface area (Å²) in [5.41, 5.74) is 2.65. The average Bonchev–Trinajstić information content (AvgIpc) is 3.14. The summed E-state index contributed by atoms with van der Waals surface area (Å²) in [6.07, 6.45) is 3.93. The molecule has 0 saturated heterocycles. The van der Waals surface area contributed by atoms with Gasteiger partial charge in [-0.05, 0) is 62.8 Å². The molecule has 0 aromatic heterocycles. The van der Waals surface area contributed by atoms with Crippen molar-refractivity contribution < 1.29 is 19.8 Å². The van der Waals surface area contributed by atoms with Gasteiger partial charge >= 0.3 is 5.97 Å². The lowest BCUT2D eigenvalue weighted by atomic mass is 9.67. The summed E-state index contributed by atoms with van der Waals surface area (Å²) in [4.78, 5) is 23.5. The first-order chi connectivity index (χ1) is 9.72. The van der Waals surface area contributed by atoms with E-state index in [4.69, 9.17) is 5.11 Å². The van der Waals surface area contributed by atoms with Gasteiger partial charge in [0, 0.05) is 17.4 Å². The number of Topliss-reactive ketones (excluding diaryl/α,β-unsaturated/α-hetero) is 1. The van der Waals surface area contributed by atoms with Crippen LogP contribution in [0.15, 0.2) is 33.9 Å². The largest absolute Gasteiger partial charge is 0.481 e. The number of carbonyl (C=O) groups is 2. The Morgan fingerprint density at radius 1 is 1.33 bits per heavy atom. The Labute approximate surface area is 123 Å². The van der Waals surface area contributed by atoms with E-state index in [0.717, 1.165) is 35.1 Å². The van der Waals surface area contributed by atoms with E-state index in [1.54, 1.807) is 6.92 Å². The van der Waals surface area contributed by atoms with Crippen molar-refractivity contribution in [3.8, 4) is 0 Å². The first-order valence-corrected chi connectivity index (χ1v) is 7.35. The molecule has 21 heavy (non-hydrogen) atoms. The molecule has 112 valence electrons. The first kappa shape index (κ1) is 14.3. The summed E-state index contributed by atoms with van der Waals surface area (Å²) < 4.78 is 0. The fourth-order valence-corrected chi connectivity index (χ4v) is 3.97. The molecule has 1 saturated carbocycles. The third-order valence-electron chi connectivity index (χ3n) is 5.46. The Morgan fingerprint density at radius 3 is 2.48 bits per heavy atom. The van der Waals surface area contributed by atoms with Gasteiger partial charge in [-0.15, -0.1) is 0 Å². The second-order valence-corrected chi connectivity index (χ2v) is 6.60. The second kappa shape index (κ2) is 4.17.